The van der Waals surface area contributed by atoms with Crippen LogP contribution in [-0.4, -0.2) is 12.4 Å². The molecule has 0 bridgehead atoms. The van der Waals surface area contributed by atoms with Gasteiger partial charge in [0.1, 0.15) is 5.75 Å². The lowest BCUT2D eigenvalue weighted by molar-refractivity contribution is 0.346. The molecule has 0 aromatic heterocycles. The quantitative estimate of drug-likeness (QED) is 0.508. The van der Waals surface area contributed by atoms with Crippen LogP contribution in [0.2, 0.25) is 0 Å². The predicted octanol–water partition coefficient (Wildman–Crippen LogP) is 4.20. The molecule has 0 aliphatic heterocycles. The van der Waals surface area contributed by atoms with Gasteiger partial charge in [-0.15, -0.1) is 11.8 Å². The zero-order valence-corrected chi connectivity index (χ0v) is 12.2. The number of hydrogen-bond donors (Lipinski definition) is 1. The van der Waals surface area contributed by atoms with E-state index in [1.54, 1.807) is 11.8 Å². The van der Waals surface area contributed by atoms with Gasteiger partial charge in [0.05, 0.1) is 12.3 Å². The Morgan fingerprint density at radius 3 is 2.56 bits per heavy atom. The summed E-state index contributed by atoms with van der Waals surface area (Å²) in [5.74, 6) is 1.64. The third-order valence-corrected chi connectivity index (χ3v) is 4.35. The van der Waals surface area contributed by atoms with Crippen molar-refractivity contribution in [2.45, 2.75) is 4.90 Å². The molecule has 2 aromatic carbocycles. The number of para-hydroxylation sites is 2. The molecule has 2 aromatic rings. The molecule has 0 spiro atoms. The van der Waals surface area contributed by atoms with Gasteiger partial charge in [0.2, 0.25) is 0 Å². The first-order valence-electron chi connectivity index (χ1n) is 5.62. The summed E-state index contributed by atoms with van der Waals surface area (Å²) < 4.78 is 6.76. The fraction of sp³-hybridized carbons (Fsp3) is 0.143. The Bertz CT molecular complexity index is 471. The number of nitrogens with two attached hydrogens (primary N) is 1. The first kappa shape index (κ1) is 13.3. The van der Waals surface area contributed by atoms with Crippen molar-refractivity contribution in [3.63, 3.8) is 0 Å². The molecule has 0 unspecified atom stereocenters. The number of nitrogen functional groups attached to an aromatic ring is 1. The van der Waals surface area contributed by atoms with Gasteiger partial charge in [-0.2, -0.15) is 0 Å². The van der Waals surface area contributed by atoms with Crippen molar-refractivity contribution < 1.29 is 4.74 Å². The molecule has 18 heavy (non-hydrogen) atoms. The Balaban J connectivity index is 1.80. The molecule has 0 amide bonds. The van der Waals surface area contributed by atoms with E-state index in [-0.39, 0.29) is 0 Å². The summed E-state index contributed by atoms with van der Waals surface area (Å²) in [6, 6.07) is 15.7. The highest BCUT2D eigenvalue weighted by atomic mass is 79.9. The minimum atomic E-state index is 0.639. The number of halogens is 1. The van der Waals surface area contributed by atoms with E-state index in [9.17, 15) is 0 Å². The molecule has 4 heteroatoms. The SMILES string of the molecule is Nc1ccccc1OCCSc1ccccc1Br. The summed E-state index contributed by atoms with van der Waals surface area (Å²) in [6.07, 6.45) is 0. The van der Waals surface area contributed by atoms with Gasteiger partial charge in [-0.3, -0.25) is 0 Å². The van der Waals surface area contributed by atoms with E-state index in [1.807, 2.05) is 42.5 Å². The maximum atomic E-state index is 5.80. The van der Waals surface area contributed by atoms with E-state index in [1.165, 1.54) is 4.90 Å². The van der Waals surface area contributed by atoms with Crippen LogP contribution < -0.4 is 10.5 Å². The standard InChI is InChI=1S/C14H14BrNOS/c15-11-5-1-4-8-14(11)18-10-9-17-13-7-3-2-6-12(13)16/h1-8H,9-10,16H2. The van der Waals surface area contributed by atoms with E-state index < -0.39 is 0 Å². The number of thioether (sulfide) groups is 1. The Morgan fingerprint density at radius 2 is 1.78 bits per heavy atom. The molecule has 0 atom stereocenters. The van der Waals surface area contributed by atoms with Gasteiger partial charge < -0.3 is 10.5 Å². The van der Waals surface area contributed by atoms with Crippen LogP contribution in [0.1, 0.15) is 0 Å². The fourth-order valence-corrected chi connectivity index (χ4v) is 2.87. The van der Waals surface area contributed by atoms with Gasteiger partial charge in [0.25, 0.3) is 0 Å². The van der Waals surface area contributed by atoms with Crippen molar-refractivity contribution in [1.29, 1.82) is 0 Å². The number of hydrogen-bond acceptors (Lipinski definition) is 3. The molecule has 0 radical (unpaired) electrons. The lowest BCUT2D eigenvalue weighted by Gasteiger charge is -2.08. The van der Waals surface area contributed by atoms with Crippen LogP contribution in [0.3, 0.4) is 0 Å². The summed E-state index contributed by atoms with van der Waals surface area (Å²) in [6.45, 7) is 0.639. The largest absolute Gasteiger partial charge is 0.491 e. The highest BCUT2D eigenvalue weighted by Crippen LogP contribution is 2.27. The van der Waals surface area contributed by atoms with Crippen molar-refractivity contribution in [3.8, 4) is 5.75 Å². The van der Waals surface area contributed by atoms with Crippen LogP contribution in [0.5, 0.6) is 5.75 Å². The van der Waals surface area contributed by atoms with Gasteiger partial charge in [0.15, 0.2) is 0 Å². The second-order valence-corrected chi connectivity index (χ2v) is 5.66. The van der Waals surface area contributed by atoms with Gasteiger partial charge in [-0.1, -0.05) is 24.3 Å². The number of anilines is 1. The maximum absolute atomic E-state index is 5.80. The molecule has 0 aliphatic rings. The molecule has 94 valence electrons. The van der Waals surface area contributed by atoms with Crippen molar-refractivity contribution >= 4 is 33.4 Å². The highest BCUT2D eigenvalue weighted by molar-refractivity contribution is 9.10. The molecular weight excluding hydrogens is 310 g/mol. The molecule has 0 heterocycles. The minimum absolute atomic E-state index is 0.639. The van der Waals surface area contributed by atoms with E-state index in [4.69, 9.17) is 10.5 Å². The molecular formula is C14H14BrNOS. The summed E-state index contributed by atoms with van der Waals surface area (Å²) in [7, 11) is 0. The maximum Gasteiger partial charge on any atom is 0.142 e. The van der Waals surface area contributed by atoms with Crippen LogP contribution in [-0.2, 0) is 0 Å². The molecule has 0 saturated heterocycles. The first-order valence-corrected chi connectivity index (χ1v) is 7.40. The third kappa shape index (κ3) is 3.68. The fourth-order valence-electron chi connectivity index (χ4n) is 1.48. The van der Waals surface area contributed by atoms with E-state index in [0.29, 0.717) is 12.3 Å². The second-order valence-electron chi connectivity index (χ2n) is 3.67. The smallest absolute Gasteiger partial charge is 0.142 e. The summed E-state index contributed by atoms with van der Waals surface area (Å²) in [5, 5.41) is 0. The third-order valence-electron chi connectivity index (χ3n) is 2.35. The van der Waals surface area contributed by atoms with Crippen molar-refractivity contribution in [1.82, 2.24) is 0 Å². The zero-order chi connectivity index (χ0) is 12.8. The van der Waals surface area contributed by atoms with E-state index in [2.05, 4.69) is 22.0 Å². The number of benzene rings is 2. The molecule has 2 nitrogen and oxygen atoms in total. The monoisotopic (exact) mass is 323 g/mol. The van der Waals surface area contributed by atoms with Gasteiger partial charge in [0, 0.05) is 15.1 Å². The normalized spacial score (nSPS) is 10.3. The van der Waals surface area contributed by atoms with Crippen LogP contribution in [0, 0.1) is 0 Å². The van der Waals surface area contributed by atoms with E-state index in [0.717, 1.165) is 16.0 Å². The van der Waals surface area contributed by atoms with Crippen molar-refractivity contribution in [2.75, 3.05) is 18.1 Å². The summed E-state index contributed by atoms with van der Waals surface area (Å²) in [5.41, 5.74) is 6.48. The second kappa shape index (κ2) is 6.71. The van der Waals surface area contributed by atoms with Crippen LogP contribution in [0.25, 0.3) is 0 Å². The average Bonchev–Trinajstić information content (AvgIpc) is 2.38. The number of rotatable bonds is 5. The van der Waals surface area contributed by atoms with Crippen LogP contribution in [0.4, 0.5) is 5.69 Å². The summed E-state index contributed by atoms with van der Waals surface area (Å²) >= 11 is 5.28. The molecule has 0 aliphatic carbocycles. The predicted molar refractivity (Wildman–Crippen MR) is 81.2 cm³/mol. The molecule has 0 fully saturated rings. The highest BCUT2D eigenvalue weighted by Gasteiger charge is 2.01. The van der Waals surface area contributed by atoms with Crippen molar-refractivity contribution in [2.24, 2.45) is 0 Å². The Morgan fingerprint density at radius 1 is 1.06 bits per heavy atom. The Hall–Kier alpha value is -1.13. The van der Waals surface area contributed by atoms with Crippen LogP contribution >= 0.6 is 27.7 Å². The number of ether oxygens (including phenoxy) is 1. The van der Waals surface area contributed by atoms with Crippen LogP contribution in [0.15, 0.2) is 57.9 Å². The van der Waals surface area contributed by atoms with Gasteiger partial charge >= 0.3 is 0 Å². The molecule has 2 rings (SSSR count). The van der Waals surface area contributed by atoms with E-state index >= 15 is 0 Å². The lowest BCUT2D eigenvalue weighted by atomic mass is 10.3. The van der Waals surface area contributed by atoms with Gasteiger partial charge in [-0.25, -0.2) is 0 Å². The van der Waals surface area contributed by atoms with Crippen molar-refractivity contribution in [3.05, 3.63) is 53.0 Å². The zero-order valence-electron chi connectivity index (χ0n) is 9.80. The Kier molecular flexibility index (Phi) is 4.96. The van der Waals surface area contributed by atoms with Gasteiger partial charge in [-0.05, 0) is 40.2 Å². The lowest BCUT2D eigenvalue weighted by Crippen LogP contribution is -2.02. The average molecular weight is 324 g/mol. The summed E-state index contributed by atoms with van der Waals surface area (Å²) in [4.78, 5) is 1.22. The first-order chi connectivity index (χ1) is 8.77. The molecule has 2 N–H and O–H groups in total. The minimum Gasteiger partial charge on any atom is -0.491 e. The Labute approximate surface area is 120 Å². The topological polar surface area (TPSA) is 35.2 Å². The molecule has 0 saturated carbocycles.